The van der Waals surface area contributed by atoms with Crippen molar-refractivity contribution in [3.05, 3.63) is 46.2 Å². The Morgan fingerprint density at radius 1 is 1.39 bits per heavy atom. The summed E-state index contributed by atoms with van der Waals surface area (Å²) in [6.07, 6.45) is 6.68. The van der Waals surface area contributed by atoms with Crippen LogP contribution >= 0.6 is 11.3 Å². The van der Waals surface area contributed by atoms with E-state index in [0.717, 1.165) is 54.6 Å². The van der Waals surface area contributed by atoms with Gasteiger partial charge in [0.1, 0.15) is 12.6 Å². The summed E-state index contributed by atoms with van der Waals surface area (Å²) in [5, 5.41) is 13.5. The van der Waals surface area contributed by atoms with Crippen molar-refractivity contribution in [1.82, 2.24) is 9.55 Å². The number of hydrogen-bond donors (Lipinski definition) is 1. The number of aromatic nitrogens is 2. The van der Waals surface area contributed by atoms with Crippen LogP contribution in [0.4, 0.5) is 0 Å². The Balaban J connectivity index is 2.26. The van der Waals surface area contributed by atoms with Crippen molar-refractivity contribution < 1.29 is 14.6 Å². The Morgan fingerprint density at radius 2 is 2.18 bits per heavy atom. The Kier molecular flexibility index (Phi) is 8.66. The number of thiophene rings is 1. The van der Waals surface area contributed by atoms with E-state index in [-0.39, 0.29) is 0 Å². The van der Waals surface area contributed by atoms with Crippen LogP contribution in [0.25, 0.3) is 5.57 Å². The normalized spacial score (nSPS) is 12.5. The number of unbranched alkanes of at least 4 members (excludes halogenated alkanes) is 1. The van der Waals surface area contributed by atoms with E-state index in [1.807, 2.05) is 11.4 Å². The van der Waals surface area contributed by atoms with Gasteiger partial charge in [-0.2, -0.15) is 11.3 Å². The third kappa shape index (κ3) is 7.37. The SMILES string of the molecule is CCCCc1ncc(C(=CC(=O)O)Cc2ccsc2)n1COCC[Si](C)(C)C. The molecule has 7 heteroatoms. The van der Waals surface area contributed by atoms with Crippen LogP contribution in [0, 0.1) is 0 Å². The number of hydrogen-bond acceptors (Lipinski definition) is 4. The molecule has 5 nitrogen and oxygen atoms in total. The number of ether oxygens (including phenoxy) is 1. The van der Waals surface area contributed by atoms with Crippen LogP contribution in [0.2, 0.25) is 25.7 Å². The molecule has 0 amide bonds. The molecule has 0 aliphatic heterocycles. The molecule has 0 aliphatic carbocycles. The van der Waals surface area contributed by atoms with Gasteiger partial charge in [0.05, 0.1) is 11.9 Å². The summed E-state index contributed by atoms with van der Waals surface area (Å²) in [4.78, 5) is 16.0. The second kappa shape index (κ2) is 10.7. The van der Waals surface area contributed by atoms with Gasteiger partial charge >= 0.3 is 5.97 Å². The number of aryl methyl sites for hydroxylation is 1. The fourth-order valence-electron chi connectivity index (χ4n) is 2.86. The Labute approximate surface area is 173 Å². The van der Waals surface area contributed by atoms with Crippen molar-refractivity contribution in [3.8, 4) is 0 Å². The molecule has 0 radical (unpaired) electrons. The first-order valence-electron chi connectivity index (χ1n) is 9.87. The lowest BCUT2D eigenvalue weighted by Gasteiger charge is -2.18. The van der Waals surface area contributed by atoms with Crippen molar-refractivity contribution in [1.29, 1.82) is 0 Å². The molecule has 2 aromatic rings. The maximum atomic E-state index is 11.4. The molecule has 0 unspecified atom stereocenters. The van der Waals surface area contributed by atoms with E-state index in [1.54, 1.807) is 17.5 Å². The number of carbonyl (C=O) groups is 1. The number of rotatable bonds is 12. The lowest BCUT2D eigenvalue weighted by molar-refractivity contribution is -0.131. The molecule has 28 heavy (non-hydrogen) atoms. The summed E-state index contributed by atoms with van der Waals surface area (Å²) in [7, 11) is -1.15. The molecule has 0 bridgehead atoms. The molecule has 0 aliphatic rings. The summed E-state index contributed by atoms with van der Waals surface area (Å²) in [5.74, 6) is 0.0270. The molecule has 0 saturated carbocycles. The minimum atomic E-state index is -1.15. The fraction of sp³-hybridized carbons (Fsp3) is 0.524. The highest BCUT2D eigenvalue weighted by Crippen LogP contribution is 2.23. The molecule has 0 spiro atoms. The minimum Gasteiger partial charge on any atom is -0.478 e. The predicted octanol–water partition coefficient (Wildman–Crippen LogP) is 5.31. The average Bonchev–Trinajstić information content (AvgIpc) is 3.24. The molecule has 0 aromatic carbocycles. The van der Waals surface area contributed by atoms with Crippen molar-refractivity contribution >= 4 is 31.0 Å². The zero-order valence-electron chi connectivity index (χ0n) is 17.4. The van der Waals surface area contributed by atoms with Crippen molar-refractivity contribution in [2.75, 3.05) is 6.61 Å². The molecule has 154 valence electrons. The summed E-state index contributed by atoms with van der Waals surface area (Å²) in [6.45, 7) is 10.3. The number of nitrogens with zero attached hydrogens (tertiary/aromatic N) is 2. The number of allylic oxidation sites excluding steroid dienone is 1. The monoisotopic (exact) mass is 420 g/mol. The Bertz CT molecular complexity index is 776. The van der Waals surface area contributed by atoms with Gasteiger partial charge in [-0.3, -0.25) is 0 Å². The van der Waals surface area contributed by atoms with Gasteiger partial charge < -0.3 is 14.4 Å². The highest BCUT2D eigenvalue weighted by molar-refractivity contribution is 7.07. The van der Waals surface area contributed by atoms with Crippen LogP contribution < -0.4 is 0 Å². The van der Waals surface area contributed by atoms with Gasteiger partial charge in [0.15, 0.2) is 0 Å². The van der Waals surface area contributed by atoms with E-state index in [0.29, 0.717) is 13.2 Å². The van der Waals surface area contributed by atoms with Gasteiger partial charge in [-0.15, -0.1) is 0 Å². The minimum absolute atomic E-state index is 0.416. The van der Waals surface area contributed by atoms with Crippen LogP contribution in [0.15, 0.2) is 29.1 Å². The Morgan fingerprint density at radius 3 is 2.79 bits per heavy atom. The third-order valence-electron chi connectivity index (χ3n) is 4.51. The molecule has 2 heterocycles. The number of aliphatic carboxylic acids is 1. The first kappa shape index (κ1) is 22.6. The second-order valence-corrected chi connectivity index (χ2v) is 14.7. The molecule has 1 N–H and O–H groups in total. The van der Waals surface area contributed by atoms with Gasteiger partial charge in [-0.05, 0) is 40.4 Å². The Hall–Kier alpha value is -1.70. The maximum absolute atomic E-state index is 11.4. The van der Waals surface area contributed by atoms with E-state index >= 15 is 0 Å². The highest BCUT2D eigenvalue weighted by Gasteiger charge is 2.17. The first-order valence-corrected chi connectivity index (χ1v) is 14.5. The lowest BCUT2D eigenvalue weighted by Crippen LogP contribution is -2.22. The number of carboxylic acids is 1. The molecular weight excluding hydrogens is 388 g/mol. The van der Waals surface area contributed by atoms with Gasteiger partial charge in [0, 0.05) is 33.6 Å². The summed E-state index contributed by atoms with van der Waals surface area (Å²) in [6, 6.07) is 3.14. The van der Waals surface area contributed by atoms with Crippen LogP contribution in [0.1, 0.15) is 36.8 Å². The van der Waals surface area contributed by atoms with Crippen molar-refractivity contribution in [3.63, 3.8) is 0 Å². The summed E-state index contributed by atoms with van der Waals surface area (Å²) in [5.41, 5.74) is 2.71. The topological polar surface area (TPSA) is 64.3 Å². The molecule has 0 saturated heterocycles. The van der Waals surface area contributed by atoms with Crippen LogP contribution in [-0.4, -0.2) is 35.3 Å². The van der Waals surface area contributed by atoms with Crippen LogP contribution in [0.5, 0.6) is 0 Å². The fourth-order valence-corrected chi connectivity index (χ4v) is 4.29. The smallest absolute Gasteiger partial charge is 0.328 e. The average molecular weight is 421 g/mol. The maximum Gasteiger partial charge on any atom is 0.328 e. The van der Waals surface area contributed by atoms with Gasteiger partial charge in [-0.25, -0.2) is 9.78 Å². The van der Waals surface area contributed by atoms with Gasteiger partial charge in [0.25, 0.3) is 0 Å². The molecule has 2 rings (SSSR count). The predicted molar refractivity (Wildman–Crippen MR) is 119 cm³/mol. The van der Waals surface area contributed by atoms with Crippen LogP contribution in [-0.2, 0) is 29.1 Å². The lowest BCUT2D eigenvalue weighted by atomic mass is 10.0. The molecule has 0 atom stereocenters. The van der Waals surface area contributed by atoms with E-state index in [2.05, 4.69) is 41.5 Å². The van der Waals surface area contributed by atoms with Crippen molar-refractivity contribution in [2.24, 2.45) is 0 Å². The first-order chi connectivity index (χ1) is 13.3. The quantitative estimate of drug-likeness (QED) is 0.287. The third-order valence-corrected chi connectivity index (χ3v) is 6.95. The standard InChI is InChI=1S/C21H32N2O3SSi/c1-5-6-7-20-22-14-19(23(20)16-26-9-11-28(2,3)4)18(13-21(24)25)12-17-8-10-27-15-17/h8,10,13-15H,5-7,9,11-12,16H2,1-4H3,(H,24,25). The summed E-state index contributed by atoms with van der Waals surface area (Å²) < 4.78 is 8.05. The van der Waals surface area contributed by atoms with E-state index in [4.69, 9.17) is 4.74 Å². The molecular formula is C21H32N2O3SSi. The zero-order chi connectivity index (χ0) is 20.6. The zero-order valence-corrected chi connectivity index (χ0v) is 19.2. The molecule has 0 fully saturated rings. The van der Waals surface area contributed by atoms with Gasteiger partial charge in [-0.1, -0.05) is 33.0 Å². The highest BCUT2D eigenvalue weighted by atomic mass is 32.1. The number of carboxylic acid groups (broad SMARTS) is 1. The summed E-state index contributed by atoms with van der Waals surface area (Å²) >= 11 is 1.62. The van der Waals surface area contributed by atoms with E-state index < -0.39 is 14.0 Å². The van der Waals surface area contributed by atoms with E-state index in [1.165, 1.54) is 6.08 Å². The van der Waals surface area contributed by atoms with Gasteiger partial charge in [0.2, 0.25) is 0 Å². The van der Waals surface area contributed by atoms with E-state index in [9.17, 15) is 9.90 Å². The number of imidazole rings is 1. The molecule has 2 aromatic heterocycles. The largest absolute Gasteiger partial charge is 0.478 e. The second-order valence-electron chi connectivity index (χ2n) is 8.26. The van der Waals surface area contributed by atoms with Crippen LogP contribution in [0.3, 0.4) is 0 Å². The van der Waals surface area contributed by atoms with Crippen molar-refractivity contribution in [2.45, 2.75) is 65.0 Å².